The first kappa shape index (κ1) is 13.5. The Balaban J connectivity index is 2.28. The van der Waals surface area contributed by atoms with Gasteiger partial charge in [-0.3, -0.25) is 4.68 Å². The fourth-order valence-corrected chi connectivity index (χ4v) is 2.03. The molecule has 0 aliphatic carbocycles. The van der Waals surface area contributed by atoms with Crippen molar-refractivity contribution in [2.75, 3.05) is 7.05 Å². The number of pyridine rings is 1. The summed E-state index contributed by atoms with van der Waals surface area (Å²) >= 11 is 0. The molecule has 0 radical (unpaired) electrons. The molecule has 0 unspecified atom stereocenters. The summed E-state index contributed by atoms with van der Waals surface area (Å²) in [5.74, 6) is 1.43. The molecule has 0 aromatic carbocycles. The van der Waals surface area contributed by atoms with Gasteiger partial charge in [0.2, 0.25) is 5.88 Å². The highest BCUT2D eigenvalue weighted by Crippen LogP contribution is 2.28. The van der Waals surface area contributed by atoms with Crippen molar-refractivity contribution in [3.63, 3.8) is 0 Å². The molecule has 0 aliphatic rings. The number of ether oxygens (including phenoxy) is 1. The van der Waals surface area contributed by atoms with Crippen LogP contribution in [0.3, 0.4) is 0 Å². The maximum absolute atomic E-state index is 5.91. The van der Waals surface area contributed by atoms with Crippen LogP contribution < -0.4 is 10.1 Å². The van der Waals surface area contributed by atoms with Gasteiger partial charge in [-0.25, -0.2) is 4.98 Å². The van der Waals surface area contributed by atoms with E-state index in [0.29, 0.717) is 5.88 Å². The topological polar surface area (TPSA) is 52.0 Å². The van der Waals surface area contributed by atoms with Crippen LogP contribution in [0.15, 0.2) is 12.3 Å². The molecule has 1 N–H and O–H groups in total. The van der Waals surface area contributed by atoms with Gasteiger partial charge in [0.1, 0.15) is 5.69 Å². The molecule has 0 saturated heterocycles. The van der Waals surface area contributed by atoms with Crippen LogP contribution in [0.4, 0.5) is 0 Å². The first-order valence-electron chi connectivity index (χ1n) is 6.31. The lowest BCUT2D eigenvalue weighted by molar-refractivity contribution is 0.450. The fraction of sp³-hybridized carbons (Fsp3) is 0.429. The molecule has 5 heteroatoms. The smallest absolute Gasteiger partial charge is 0.222 e. The van der Waals surface area contributed by atoms with Crippen molar-refractivity contribution in [1.82, 2.24) is 20.1 Å². The Labute approximate surface area is 113 Å². The number of hydrogen-bond acceptors (Lipinski definition) is 4. The second-order valence-corrected chi connectivity index (χ2v) is 4.72. The average Bonchev–Trinajstić information content (AvgIpc) is 2.59. The van der Waals surface area contributed by atoms with Crippen molar-refractivity contribution in [3.05, 3.63) is 34.8 Å². The van der Waals surface area contributed by atoms with Gasteiger partial charge in [-0.2, -0.15) is 5.10 Å². The van der Waals surface area contributed by atoms with Gasteiger partial charge in [0.15, 0.2) is 5.75 Å². The third kappa shape index (κ3) is 2.76. The van der Waals surface area contributed by atoms with Crippen LogP contribution in [-0.4, -0.2) is 21.8 Å². The standard InChI is InChI=1S/C14H20N4O/c1-9-6-12(7-15-4)8-16-14(9)19-13-10(2)17-18(5)11(13)3/h6,8,15H,7H2,1-5H3. The Morgan fingerprint density at radius 1 is 1.32 bits per heavy atom. The van der Waals surface area contributed by atoms with Crippen LogP contribution >= 0.6 is 0 Å². The van der Waals surface area contributed by atoms with E-state index >= 15 is 0 Å². The van der Waals surface area contributed by atoms with E-state index in [1.54, 1.807) is 0 Å². The summed E-state index contributed by atoms with van der Waals surface area (Å²) in [5.41, 5.74) is 4.04. The maximum Gasteiger partial charge on any atom is 0.222 e. The molecule has 2 aromatic heterocycles. The zero-order valence-corrected chi connectivity index (χ0v) is 12.1. The van der Waals surface area contributed by atoms with Gasteiger partial charge >= 0.3 is 0 Å². The SMILES string of the molecule is CNCc1cnc(Oc2c(C)nn(C)c2C)c(C)c1. The Morgan fingerprint density at radius 3 is 2.58 bits per heavy atom. The normalized spacial score (nSPS) is 10.8. The zero-order chi connectivity index (χ0) is 14.0. The van der Waals surface area contributed by atoms with Crippen molar-refractivity contribution in [2.45, 2.75) is 27.3 Å². The predicted octanol–water partition coefficient (Wildman–Crippen LogP) is 2.25. The van der Waals surface area contributed by atoms with Gasteiger partial charge in [-0.15, -0.1) is 0 Å². The second-order valence-electron chi connectivity index (χ2n) is 4.72. The summed E-state index contributed by atoms with van der Waals surface area (Å²) in [6, 6.07) is 2.08. The molecule has 5 nitrogen and oxygen atoms in total. The molecular weight excluding hydrogens is 240 g/mol. The number of aromatic nitrogens is 3. The van der Waals surface area contributed by atoms with Gasteiger partial charge in [0.25, 0.3) is 0 Å². The van der Waals surface area contributed by atoms with Gasteiger partial charge in [0.05, 0.1) is 5.69 Å². The molecule has 0 aliphatic heterocycles. The van der Waals surface area contributed by atoms with Gasteiger partial charge in [-0.1, -0.05) is 0 Å². The monoisotopic (exact) mass is 260 g/mol. The highest BCUT2D eigenvalue weighted by atomic mass is 16.5. The largest absolute Gasteiger partial charge is 0.435 e. The van der Waals surface area contributed by atoms with Crippen molar-refractivity contribution in [2.24, 2.45) is 7.05 Å². The molecular formula is C14H20N4O. The maximum atomic E-state index is 5.91. The summed E-state index contributed by atoms with van der Waals surface area (Å²) in [6.07, 6.45) is 1.83. The molecule has 2 heterocycles. The third-order valence-electron chi connectivity index (χ3n) is 3.11. The number of hydrogen-bond donors (Lipinski definition) is 1. The summed E-state index contributed by atoms with van der Waals surface area (Å²) < 4.78 is 7.72. The lowest BCUT2D eigenvalue weighted by atomic mass is 10.2. The molecule has 0 amide bonds. The van der Waals surface area contributed by atoms with E-state index in [1.165, 1.54) is 0 Å². The summed E-state index contributed by atoms with van der Waals surface area (Å²) in [7, 11) is 3.83. The van der Waals surface area contributed by atoms with Crippen LogP contribution in [0.25, 0.3) is 0 Å². The zero-order valence-electron chi connectivity index (χ0n) is 12.1. The molecule has 19 heavy (non-hydrogen) atoms. The van der Waals surface area contributed by atoms with Crippen molar-refractivity contribution < 1.29 is 4.74 Å². The molecule has 2 rings (SSSR count). The fourth-order valence-electron chi connectivity index (χ4n) is 2.03. The van der Waals surface area contributed by atoms with E-state index in [0.717, 1.165) is 34.8 Å². The quantitative estimate of drug-likeness (QED) is 0.916. The van der Waals surface area contributed by atoms with E-state index < -0.39 is 0 Å². The lowest BCUT2D eigenvalue weighted by Crippen LogP contribution is -2.06. The number of nitrogens with zero attached hydrogens (tertiary/aromatic N) is 3. The average molecular weight is 260 g/mol. The first-order chi connectivity index (χ1) is 9.02. The van der Waals surface area contributed by atoms with Crippen LogP contribution in [0.2, 0.25) is 0 Å². The molecule has 2 aromatic rings. The minimum atomic E-state index is 0.638. The van der Waals surface area contributed by atoms with Crippen LogP contribution in [-0.2, 0) is 13.6 Å². The third-order valence-corrected chi connectivity index (χ3v) is 3.11. The van der Waals surface area contributed by atoms with Crippen molar-refractivity contribution >= 4 is 0 Å². The minimum absolute atomic E-state index is 0.638. The molecule has 0 spiro atoms. The Morgan fingerprint density at radius 2 is 2.05 bits per heavy atom. The van der Waals surface area contributed by atoms with E-state index in [1.807, 2.05) is 45.7 Å². The van der Waals surface area contributed by atoms with Gasteiger partial charge < -0.3 is 10.1 Å². The second kappa shape index (κ2) is 5.40. The number of nitrogens with one attached hydrogen (secondary N) is 1. The van der Waals surface area contributed by atoms with Crippen molar-refractivity contribution in [3.8, 4) is 11.6 Å². The molecule has 102 valence electrons. The van der Waals surface area contributed by atoms with Gasteiger partial charge in [-0.05, 0) is 39.4 Å². The Kier molecular flexibility index (Phi) is 3.85. The van der Waals surface area contributed by atoms with E-state index in [4.69, 9.17) is 4.74 Å². The molecule has 0 bridgehead atoms. The van der Waals surface area contributed by atoms with E-state index in [9.17, 15) is 0 Å². The van der Waals surface area contributed by atoms with Gasteiger partial charge in [0, 0.05) is 25.4 Å². The molecule has 0 atom stereocenters. The summed E-state index contributed by atoms with van der Waals surface area (Å²) in [6.45, 7) is 6.73. The number of rotatable bonds is 4. The summed E-state index contributed by atoms with van der Waals surface area (Å²) in [4.78, 5) is 4.38. The Bertz CT molecular complexity index is 589. The summed E-state index contributed by atoms with van der Waals surface area (Å²) in [5, 5.41) is 7.45. The predicted molar refractivity (Wildman–Crippen MR) is 74.5 cm³/mol. The lowest BCUT2D eigenvalue weighted by Gasteiger charge is -2.09. The number of aryl methyl sites for hydroxylation is 3. The van der Waals surface area contributed by atoms with Crippen LogP contribution in [0.5, 0.6) is 11.6 Å². The minimum Gasteiger partial charge on any atom is -0.435 e. The molecule has 0 saturated carbocycles. The Hall–Kier alpha value is -1.88. The van der Waals surface area contributed by atoms with Crippen LogP contribution in [0, 0.1) is 20.8 Å². The van der Waals surface area contributed by atoms with E-state index in [-0.39, 0.29) is 0 Å². The highest BCUT2D eigenvalue weighted by Gasteiger charge is 2.13. The highest BCUT2D eigenvalue weighted by molar-refractivity contribution is 5.38. The molecule has 0 fully saturated rings. The van der Waals surface area contributed by atoms with E-state index in [2.05, 4.69) is 21.5 Å². The van der Waals surface area contributed by atoms with Crippen molar-refractivity contribution in [1.29, 1.82) is 0 Å². The first-order valence-corrected chi connectivity index (χ1v) is 6.31. The van der Waals surface area contributed by atoms with Crippen LogP contribution in [0.1, 0.15) is 22.5 Å².